The highest BCUT2D eigenvalue weighted by molar-refractivity contribution is 5.79. The maximum atomic E-state index is 11.9. The Hall–Kier alpha value is -0.370. The number of aliphatic hydroxyl groups excluding tert-OH is 1. The van der Waals surface area contributed by atoms with Crippen LogP contribution in [0.15, 0.2) is 0 Å². The highest BCUT2D eigenvalue weighted by Crippen LogP contribution is 2.65. The van der Waals surface area contributed by atoms with Crippen molar-refractivity contribution in [1.29, 1.82) is 0 Å². The summed E-state index contributed by atoms with van der Waals surface area (Å²) in [5, 5.41) is 10.5. The number of carbonyl (C=O) groups excluding carboxylic acids is 1. The van der Waals surface area contributed by atoms with Crippen LogP contribution >= 0.6 is 0 Å². The van der Waals surface area contributed by atoms with Crippen LogP contribution < -0.4 is 0 Å². The quantitative estimate of drug-likeness (QED) is 0.733. The molecule has 2 heteroatoms. The molecule has 4 fully saturated rings. The minimum Gasteiger partial charge on any atom is -0.393 e. The number of ketones is 1. The summed E-state index contributed by atoms with van der Waals surface area (Å²) >= 11 is 0. The average molecular weight is 290 g/mol. The van der Waals surface area contributed by atoms with Gasteiger partial charge >= 0.3 is 0 Å². The molecular weight excluding hydrogens is 260 g/mol. The van der Waals surface area contributed by atoms with Crippen molar-refractivity contribution in [3.63, 3.8) is 0 Å². The SMILES string of the molecule is C[C@]12CCC(=O)C[C@@H]1CC[C@H]1[C@H]3CC[C@@H](O)[C@@]3(C)CC[C@@H]12. The third-order valence-corrected chi connectivity index (χ3v) is 8.43. The molecule has 21 heavy (non-hydrogen) atoms. The van der Waals surface area contributed by atoms with Gasteiger partial charge in [-0.05, 0) is 79.4 Å². The second kappa shape index (κ2) is 4.57. The minimum absolute atomic E-state index is 0.0677. The third-order valence-electron chi connectivity index (χ3n) is 8.43. The predicted octanol–water partition coefficient (Wildman–Crippen LogP) is 3.96. The first-order chi connectivity index (χ1) is 9.95. The lowest BCUT2D eigenvalue weighted by Crippen LogP contribution is -2.54. The van der Waals surface area contributed by atoms with Crippen LogP contribution in [-0.2, 0) is 4.79 Å². The van der Waals surface area contributed by atoms with Gasteiger partial charge in [-0.25, -0.2) is 0 Å². The summed E-state index contributed by atoms with van der Waals surface area (Å²) in [6.45, 7) is 4.85. The fraction of sp³-hybridized carbons (Fsp3) is 0.947. The van der Waals surface area contributed by atoms with Crippen molar-refractivity contribution in [3.8, 4) is 0 Å². The lowest BCUT2D eigenvalue weighted by molar-refractivity contribution is -0.141. The third kappa shape index (κ3) is 1.84. The summed E-state index contributed by atoms with van der Waals surface area (Å²) in [6.07, 6.45) is 10.0. The molecule has 4 aliphatic rings. The minimum atomic E-state index is -0.0677. The normalized spacial score (nSPS) is 56.5. The molecule has 1 N–H and O–H groups in total. The van der Waals surface area contributed by atoms with Gasteiger partial charge in [0.1, 0.15) is 5.78 Å². The van der Waals surface area contributed by atoms with Gasteiger partial charge in [0.05, 0.1) is 6.10 Å². The van der Waals surface area contributed by atoms with Crippen LogP contribution in [0.2, 0.25) is 0 Å². The maximum absolute atomic E-state index is 11.9. The molecule has 0 spiro atoms. The van der Waals surface area contributed by atoms with Crippen LogP contribution in [0.25, 0.3) is 0 Å². The van der Waals surface area contributed by atoms with Gasteiger partial charge in [0, 0.05) is 12.8 Å². The topological polar surface area (TPSA) is 37.3 Å². The summed E-state index contributed by atoms with van der Waals surface area (Å²) in [5.41, 5.74) is 0.598. The van der Waals surface area contributed by atoms with Gasteiger partial charge in [-0.1, -0.05) is 13.8 Å². The van der Waals surface area contributed by atoms with Crippen molar-refractivity contribution < 1.29 is 9.90 Å². The molecule has 0 radical (unpaired) electrons. The Balaban J connectivity index is 1.64. The second-order valence-corrected chi connectivity index (χ2v) is 9.04. The Kier molecular flexibility index (Phi) is 3.10. The number of fused-ring (bicyclic) bond motifs is 5. The van der Waals surface area contributed by atoms with Gasteiger partial charge in [0.25, 0.3) is 0 Å². The van der Waals surface area contributed by atoms with Gasteiger partial charge in [-0.15, -0.1) is 0 Å². The van der Waals surface area contributed by atoms with Gasteiger partial charge in [0.15, 0.2) is 0 Å². The standard InChI is InChI=1S/C19H30O2/c1-18-9-7-13(20)11-12(18)3-4-14-15-5-6-17(21)19(15,2)10-8-16(14)18/h12,14-17,21H,3-11H2,1-2H3/t12-,14-,15+,16-,17+,18-,19-/m0/s1. The molecule has 0 aromatic rings. The predicted molar refractivity (Wildman–Crippen MR) is 82.7 cm³/mol. The molecule has 4 saturated carbocycles. The van der Waals surface area contributed by atoms with E-state index in [2.05, 4.69) is 13.8 Å². The Bertz CT molecular complexity index is 458. The zero-order valence-corrected chi connectivity index (χ0v) is 13.6. The van der Waals surface area contributed by atoms with Gasteiger partial charge < -0.3 is 5.11 Å². The van der Waals surface area contributed by atoms with E-state index in [4.69, 9.17) is 0 Å². The fourth-order valence-corrected chi connectivity index (χ4v) is 7.02. The first kappa shape index (κ1) is 14.2. The molecule has 0 heterocycles. The summed E-state index contributed by atoms with van der Waals surface area (Å²) in [7, 11) is 0. The zero-order chi connectivity index (χ0) is 14.8. The lowest BCUT2D eigenvalue weighted by atomic mass is 9.45. The molecule has 0 aromatic carbocycles. The zero-order valence-electron chi connectivity index (χ0n) is 13.6. The Morgan fingerprint density at radius 2 is 1.71 bits per heavy atom. The molecule has 7 atom stereocenters. The van der Waals surface area contributed by atoms with E-state index in [1.807, 2.05) is 0 Å². The van der Waals surface area contributed by atoms with Crippen LogP contribution in [0.1, 0.15) is 71.6 Å². The fourth-order valence-electron chi connectivity index (χ4n) is 7.02. The molecule has 0 amide bonds. The molecule has 0 saturated heterocycles. The van der Waals surface area contributed by atoms with Gasteiger partial charge in [-0.2, -0.15) is 0 Å². The molecule has 0 bridgehead atoms. The van der Waals surface area contributed by atoms with Gasteiger partial charge in [0.2, 0.25) is 0 Å². The van der Waals surface area contributed by atoms with E-state index in [0.717, 1.165) is 43.4 Å². The largest absolute Gasteiger partial charge is 0.393 e. The number of hydrogen-bond donors (Lipinski definition) is 1. The van der Waals surface area contributed by atoms with Crippen molar-refractivity contribution >= 4 is 5.78 Å². The molecular formula is C19H30O2. The number of Topliss-reactive ketones (excluding diaryl/α,β-unsaturated/α-hetero) is 1. The lowest BCUT2D eigenvalue weighted by Gasteiger charge is -2.60. The van der Waals surface area contributed by atoms with Crippen molar-refractivity contribution in [3.05, 3.63) is 0 Å². The summed E-state index contributed by atoms with van der Waals surface area (Å²) in [6, 6.07) is 0. The van der Waals surface area contributed by atoms with Crippen LogP contribution in [0.3, 0.4) is 0 Å². The number of aliphatic hydroxyl groups is 1. The van der Waals surface area contributed by atoms with Gasteiger partial charge in [-0.3, -0.25) is 4.79 Å². The highest BCUT2D eigenvalue weighted by atomic mass is 16.3. The summed E-state index contributed by atoms with van der Waals surface area (Å²) < 4.78 is 0. The Morgan fingerprint density at radius 3 is 2.52 bits per heavy atom. The van der Waals surface area contributed by atoms with Crippen molar-refractivity contribution in [2.24, 2.45) is 34.5 Å². The van der Waals surface area contributed by atoms with Crippen molar-refractivity contribution in [2.45, 2.75) is 77.7 Å². The smallest absolute Gasteiger partial charge is 0.133 e. The van der Waals surface area contributed by atoms with Crippen LogP contribution in [0.4, 0.5) is 0 Å². The van der Waals surface area contributed by atoms with Crippen LogP contribution in [-0.4, -0.2) is 17.0 Å². The molecule has 0 aliphatic heterocycles. The van der Waals surface area contributed by atoms with Crippen molar-refractivity contribution in [2.75, 3.05) is 0 Å². The van der Waals surface area contributed by atoms with Crippen LogP contribution in [0.5, 0.6) is 0 Å². The molecule has 0 unspecified atom stereocenters. The summed E-state index contributed by atoms with van der Waals surface area (Å²) in [5.74, 6) is 3.52. The van der Waals surface area contributed by atoms with E-state index in [1.54, 1.807) is 0 Å². The summed E-state index contributed by atoms with van der Waals surface area (Å²) in [4.78, 5) is 11.9. The van der Waals surface area contributed by atoms with E-state index in [-0.39, 0.29) is 11.5 Å². The van der Waals surface area contributed by atoms with Crippen molar-refractivity contribution in [1.82, 2.24) is 0 Å². The first-order valence-electron chi connectivity index (χ1n) is 9.15. The van der Waals surface area contributed by atoms with E-state index >= 15 is 0 Å². The van der Waals surface area contributed by atoms with Crippen LogP contribution in [0, 0.1) is 34.5 Å². The number of rotatable bonds is 0. The van der Waals surface area contributed by atoms with E-state index in [9.17, 15) is 9.90 Å². The first-order valence-corrected chi connectivity index (χ1v) is 9.15. The highest BCUT2D eigenvalue weighted by Gasteiger charge is 2.59. The van der Waals surface area contributed by atoms with E-state index < -0.39 is 0 Å². The molecule has 4 aliphatic carbocycles. The number of hydrogen-bond acceptors (Lipinski definition) is 2. The second-order valence-electron chi connectivity index (χ2n) is 9.04. The average Bonchev–Trinajstić information content (AvgIpc) is 2.76. The number of carbonyl (C=O) groups is 1. The molecule has 2 nitrogen and oxygen atoms in total. The Morgan fingerprint density at radius 1 is 0.952 bits per heavy atom. The monoisotopic (exact) mass is 290 g/mol. The molecule has 4 rings (SSSR count). The Labute approximate surface area is 128 Å². The van der Waals surface area contributed by atoms with E-state index in [0.29, 0.717) is 17.1 Å². The molecule has 118 valence electrons. The maximum Gasteiger partial charge on any atom is 0.133 e. The van der Waals surface area contributed by atoms with E-state index in [1.165, 1.54) is 32.1 Å². The molecule has 0 aromatic heterocycles.